The summed E-state index contributed by atoms with van der Waals surface area (Å²) >= 11 is 0. The Labute approximate surface area is 165 Å². The highest BCUT2D eigenvalue weighted by molar-refractivity contribution is 5.86. The summed E-state index contributed by atoms with van der Waals surface area (Å²) in [7, 11) is 0. The van der Waals surface area contributed by atoms with Gasteiger partial charge in [-0.15, -0.1) is 6.58 Å². The highest BCUT2D eigenvalue weighted by atomic mass is 16.5. The summed E-state index contributed by atoms with van der Waals surface area (Å²) < 4.78 is 7.44. The molecule has 0 N–H and O–H groups in total. The van der Waals surface area contributed by atoms with E-state index in [9.17, 15) is 4.79 Å². The second kappa shape index (κ2) is 9.00. The minimum atomic E-state index is -0.418. The number of rotatable bonds is 8. The fraction of sp³-hybridized carbons (Fsp3) is 0.167. The van der Waals surface area contributed by atoms with Gasteiger partial charge in [-0.2, -0.15) is 0 Å². The van der Waals surface area contributed by atoms with E-state index in [2.05, 4.69) is 42.0 Å². The van der Waals surface area contributed by atoms with Crippen molar-refractivity contribution in [3.8, 4) is 11.3 Å². The molecule has 3 aromatic rings. The van der Waals surface area contributed by atoms with Crippen molar-refractivity contribution >= 4 is 5.97 Å². The van der Waals surface area contributed by atoms with E-state index in [1.165, 1.54) is 5.56 Å². The van der Waals surface area contributed by atoms with Gasteiger partial charge in [-0.3, -0.25) is 0 Å². The predicted octanol–water partition coefficient (Wildman–Crippen LogP) is 4.95. The van der Waals surface area contributed by atoms with Gasteiger partial charge in [0.05, 0.1) is 11.4 Å². The number of esters is 1. The summed E-state index contributed by atoms with van der Waals surface area (Å²) in [5, 5.41) is 0. The molecule has 0 bridgehead atoms. The summed E-state index contributed by atoms with van der Waals surface area (Å²) in [6, 6.07) is 20.3. The number of carbonyl (C=O) groups is 1. The van der Waals surface area contributed by atoms with Crippen LogP contribution in [0.2, 0.25) is 0 Å². The minimum absolute atomic E-state index is 0.0914. The molecule has 0 aliphatic heterocycles. The van der Waals surface area contributed by atoms with Crippen LogP contribution in [0.4, 0.5) is 0 Å². The third-order valence-electron chi connectivity index (χ3n) is 4.37. The van der Waals surface area contributed by atoms with E-state index < -0.39 is 5.97 Å². The molecule has 0 saturated heterocycles. The molecule has 1 heterocycles. The standard InChI is InChI=1S/C24H24N2O2/c1-4-15-26-22(17-28-24(27)18(2)3)25-21(16-19-11-7-5-8-12-19)23(26)20-13-9-6-10-14-20/h4-14H,1-2,15-17H2,3H3. The molecule has 0 aliphatic rings. The highest BCUT2D eigenvalue weighted by Gasteiger charge is 2.19. The molecule has 4 nitrogen and oxygen atoms in total. The lowest BCUT2D eigenvalue weighted by Crippen LogP contribution is -2.10. The van der Waals surface area contributed by atoms with Crippen molar-refractivity contribution < 1.29 is 9.53 Å². The number of ether oxygens (including phenoxy) is 1. The second-order valence-electron chi connectivity index (χ2n) is 6.61. The molecular weight excluding hydrogens is 348 g/mol. The van der Waals surface area contributed by atoms with Gasteiger partial charge in [0, 0.05) is 24.1 Å². The largest absolute Gasteiger partial charge is 0.454 e. The zero-order valence-electron chi connectivity index (χ0n) is 16.1. The molecular formula is C24H24N2O2. The topological polar surface area (TPSA) is 44.1 Å². The maximum Gasteiger partial charge on any atom is 0.333 e. The molecule has 0 radical (unpaired) electrons. The van der Waals surface area contributed by atoms with Crippen molar-refractivity contribution in [2.75, 3.05) is 0 Å². The average molecular weight is 372 g/mol. The van der Waals surface area contributed by atoms with E-state index in [0.717, 1.165) is 17.0 Å². The van der Waals surface area contributed by atoms with Gasteiger partial charge in [-0.1, -0.05) is 73.3 Å². The predicted molar refractivity (Wildman–Crippen MR) is 112 cm³/mol. The maximum absolute atomic E-state index is 11.9. The zero-order chi connectivity index (χ0) is 19.9. The van der Waals surface area contributed by atoms with E-state index in [4.69, 9.17) is 9.72 Å². The SMILES string of the molecule is C=CCn1c(COC(=O)C(=C)C)nc(Cc2ccccc2)c1-c1ccccc1. The van der Waals surface area contributed by atoms with Crippen LogP contribution in [0.5, 0.6) is 0 Å². The Morgan fingerprint density at radius 2 is 1.75 bits per heavy atom. The van der Waals surface area contributed by atoms with Crippen LogP contribution in [0.15, 0.2) is 85.5 Å². The minimum Gasteiger partial charge on any atom is -0.454 e. The van der Waals surface area contributed by atoms with Crippen LogP contribution in [0.25, 0.3) is 11.3 Å². The number of imidazole rings is 1. The summed E-state index contributed by atoms with van der Waals surface area (Å²) in [6.07, 6.45) is 2.52. The van der Waals surface area contributed by atoms with E-state index in [-0.39, 0.29) is 6.61 Å². The van der Waals surface area contributed by atoms with Gasteiger partial charge in [0.1, 0.15) is 12.4 Å². The first kappa shape index (κ1) is 19.4. The maximum atomic E-state index is 11.9. The third kappa shape index (κ3) is 4.46. The number of hydrogen-bond donors (Lipinski definition) is 0. The average Bonchev–Trinajstić information content (AvgIpc) is 3.04. The molecule has 3 rings (SSSR count). The van der Waals surface area contributed by atoms with Gasteiger partial charge < -0.3 is 9.30 Å². The molecule has 0 atom stereocenters. The van der Waals surface area contributed by atoms with Gasteiger partial charge in [0.15, 0.2) is 0 Å². The van der Waals surface area contributed by atoms with E-state index in [0.29, 0.717) is 24.4 Å². The molecule has 1 aromatic heterocycles. The fourth-order valence-corrected chi connectivity index (χ4v) is 3.07. The lowest BCUT2D eigenvalue weighted by Gasteiger charge is -2.11. The van der Waals surface area contributed by atoms with Crippen LogP contribution in [0, 0.1) is 0 Å². The van der Waals surface area contributed by atoms with Crippen LogP contribution < -0.4 is 0 Å². The number of aromatic nitrogens is 2. The van der Waals surface area contributed by atoms with Crippen molar-refractivity contribution in [3.63, 3.8) is 0 Å². The lowest BCUT2D eigenvalue weighted by atomic mass is 10.0. The van der Waals surface area contributed by atoms with Crippen LogP contribution in [-0.4, -0.2) is 15.5 Å². The number of benzene rings is 2. The molecule has 142 valence electrons. The Morgan fingerprint density at radius 1 is 1.11 bits per heavy atom. The Bertz CT molecular complexity index is 973. The van der Waals surface area contributed by atoms with Crippen molar-refractivity contribution in [1.29, 1.82) is 0 Å². The quantitative estimate of drug-likeness (QED) is 0.319. The Morgan fingerprint density at radius 3 is 2.36 bits per heavy atom. The first-order chi connectivity index (χ1) is 13.6. The monoisotopic (exact) mass is 372 g/mol. The first-order valence-electron chi connectivity index (χ1n) is 9.21. The molecule has 2 aromatic carbocycles. The van der Waals surface area contributed by atoms with Crippen molar-refractivity contribution in [2.24, 2.45) is 0 Å². The molecule has 28 heavy (non-hydrogen) atoms. The van der Waals surface area contributed by atoms with E-state index in [1.54, 1.807) is 6.92 Å². The third-order valence-corrected chi connectivity index (χ3v) is 4.37. The molecule has 4 heteroatoms. The van der Waals surface area contributed by atoms with Crippen molar-refractivity contribution in [1.82, 2.24) is 9.55 Å². The first-order valence-corrected chi connectivity index (χ1v) is 9.21. The summed E-state index contributed by atoms with van der Waals surface area (Å²) in [5.74, 6) is 0.276. The zero-order valence-corrected chi connectivity index (χ0v) is 16.1. The number of hydrogen-bond acceptors (Lipinski definition) is 3. The van der Waals surface area contributed by atoms with Crippen LogP contribution >= 0.6 is 0 Å². The highest BCUT2D eigenvalue weighted by Crippen LogP contribution is 2.28. The van der Waals surface area contributed by atoms with Gasteiger partial charge >= 0.3 is 5.97 Å². The number of nitrogens with zero attached hydrogens (tertiary/aromatic N) is 2. The Balaban J connectivity index is 2.05. The molecule has 0 aliphatic carbocycles. The molecule has 0 spiro atoms. The Kier molecular flexibility index (Phi) is 6.22. The molecule has 0 saturated carbocycles. The summed E-state index contributed by atoms with van der Waals surface area (Å²) in [5.41, 5.74) is 4.58. The van der Waals surface area contributed by atoms with Crippen LogP contribution in [0.3, 0.4) is 0 Å². The van der Waals surface area contributed by atoms with Gasteiger partial charge in [-0.25, -0.2) is 9.78 Å². The van der Waals surface area contributed by atoms with E-state index in [1.807, 2.05) is 42.5 Å². The molecule has 0 unspecified atom stereocenters. The Hall–Kier alpha value is -3.40. The summed E-state index contributed by atoms with van der Waals surface area (Å²) in [4.78, 5) is 16.7. The fourth-order valence-electron chi connectivity index (χ4n) is 3.07. The normalized spacial score (nSPS) is 10.5. The van der Waals surface area contributed by atoms with Gasteiger partial charge in [0.2, 0.25) is 0 Å². The van der Waals surface area contributed by atoms with Gasteiger partial charge in [-0.05, 0) is 12.5 Å². The lowest BCUT2D eigenvalue weighted by molar-refractivity contribution is -0.140. The summed E-state index contributed by atoms with van der Waals surface area (Å²) in [6.45, 7) is 9.81. The van der Waals surface area contributed by atoms with Gasteiger partial charge in [0.25, 0.3) is 0 Å². The molecule has 0 fully saturated rings. The number of allylic oxidation sites excluding steroid dienone is 1. The van der Waals surface area contributed by atoms with Crippen LogP contribution in [0.1, 0.15) is 24.0 Å². The smallest absolute Gasteiger partial charge is 0.333 e. The van der Waals surface area contributed by atoms with Crippen molar-refractivity contribution in [3.05, 3.63) is 103 Å². The van der Waals surface area contributed by atoms with Crippen molar-refractivity contribution in [2.45, 2.75) is 26.5 Å². The van der Waals surface area contributed by atoms with Crippen LogP contribution in [-0.2, 0) is 29.1 Å². The number of carbonyl (C=O) groups excluding carboxylic acids is 1. The second-order valence-corrected chi connectivity index (χ2v) is 6.61. The molecule has 0 amide bonds. The van der Waals surface area contributed by atoms with E-state index >= 15 is 0 Å².